The van der Waals surface area contributed by atoms with Gasteiger partial charge in [0.1, 0.15) is 12.1 Å². The second-order valence-corrected chi connectivity index (χ2v) is 5.60. The van der Waals surface area contributed by atoms with E-state index >= 15 is 0 Å². The number of hydrogen-bond donors (Lipinski definition) is 1. The second-order valence-electron chi connectivity index (χ2n) is 5.60. The summed E-state index contributed by atoms with van der Waals surface area (Å²) in [5.74, 6) is -0.348. The molecule has 0 aliphatic carbocycles. The SMILES string of the molecule is OC(CN1CCN(Cc2ccon2)CC1)c1ccccc1F. The van der Waals surface area contributed by atoms with E-state index in [4.69, 9.17) is 4.52 Å². The monoisotopic (exact) mass is 305 g/mol. The van der Waals surface area contributed by atoms with Crippen LogP contribution >= 0.6 is 0 Å². The molecule has 1 aliphatic rings. The minimum absolute atomic E-state index is 0.348. The highest BCUT2D eigenvalue weighted by atomic mass is 19.1. The van der Waals surface area contributed by atoms with Crippen molar-refractivity contribution in [2.24, 2.45) is 0 Å². The lowest BCUT2D eigenvalue weighted by molar-refractivity contribution is 0.0678. The summed E-state index contributed by atoms with van der Waals surface area (Å²) < 4.78 is 18.5. The van der Waals surface area contributed by atoms with E-state index in [1.807, 2.05) is 6.07 Å². The molecule has 1 unspecified atom stereocenters. The first kappa shape index (κ1) is 15.1. The Bertz CT molecular complexity index is 583. The van der Waals surface area contributed by atoms with Crippen LogP contribution < -0.4 is 0 Å². The normalized spacial score (nSPS) is 18.5. The van der Waals surface area contributed by atoms with E-state index in [1.165, 1.54) is 6.07 Å². The summed E-state index contributed by atoms with van der Waals surface area (Å²) in [6.45, 7) is 4.74. The van der Waals surface area contributed by atoms with E-state index in [0.29, 0.717) is 12.1 Å². The van der Waals surface area contributed by atoms with Crippen molar-refractivity contribution >= 4 is 0 Å². The average Bonchev–Trinajstić information content (AvgIpc) is 3.02. The van der Waals surface area contributed by atoms with E-state index in [-0.39, 0.29) is 5.82 Å². The smallest absolute Gasteiger partial charge is 0.129 e. The quantitative estimate of drug-likeness (QED) is 0.910. The Labute approximate surface area is 128 Å². The van der Waals surface area contributed by atoms with Crippen LogP contribution in [0.1, 0.15) is 17.4 Å². The lowest BCUT2D eigenvalue weighted by atomic mass is 10.1. The Kier molecular flexibility index (Phi) is 4.82. The summed E-state index contributed by atoms with van der Waals surface area (Å²) in [6.07, 6.45) is 0.791. The summed E-state index contributed by atoms with van der Waals surface area (Å²) in [5.41, 5.74) is 1.30. The van der Waals surface area contributed by atoms with Crippen LogP contribution in [0.5, 0.6) is 0 Å². The zero-order valence-electron chi connectivity index (χ0n) is 12.4. The Morgan fingerprint density at radius 2 is 1.86 bits per heavy atom. The molecule has 1 aromatic carbocycles. The number of aliphatic hydroxyl groups is 1. The van der Waals surface area contributed by atoms with E-state index in [1.54, 1.807) is 24.5 Å². The first-order chi connectivity index (χ1) is 10.7. The summed E-state index contributed by atoms with van der Waals surface area (Å²) in [7, 11) is 0. The molecule has 0 amide bonds. The number of rotatable bonds is 5. The van der Waals surface area contributed by atoms with Crippen LogP contribution in [-0.2, 0) is 6.54 Å². The van der Waals surface area contributed by atoms with Crippen LogP contribution in [0.15, 0.2) is 41.1 Å². The highest BCUT2D eigenvalue weighted by Crippen LogP contribution is 2.18. The van der Waals surface area contributed by atoms with Crippen LogP contribution in [0.25, 0.3) is 0 Å². The van der Waals surface area contributed by atoms with Crippen LogP contribution in [0.4, 0.5) is 4.39 Å². The lowest BCUT2D eigenvalue weighted by Gasteiger charge is -2.35. The number of halogens is 1. The van der Waals surface area contributed by atoms with Gasteiger partial charge in [0.25, 0.3) is 0 Å². The molecule has 0 bridgehead atoms. The minimum atomic E-state index is -0.789. The maximum absolute atomic E-state index is 13.7. The summed E-state index contributed by atoms with van der Waals surface area (Å²) >= 11 is 0. The van der Waals surface area contributed by atoms with Crippen molar-refractivity contribution in [2.75, 3.05) is 32.7 Å². The van der Waals surface area contributed by atoms with Gasteiger partial charge in [0, 0.05) is 50.9 Å². The van der Waals surface area contributed by atoms with Crippen LogP contribution in [-0.4, -0.2) is 52.8 Å². The molecule has 0 spiro atoms. The first-order valence-electron chi connectivity index (χ1n) is 7.49. The Morgan fingerprint density at radius 3 is 2.55 bits per heavy atom. The first-order valence-corrected chi connectivity index (χ1v) is 7.49. The summed E-state index contributed by atoms with van der Waals surface area (Å²) in [5, 5.41) is 14.1. The van der Waals surface area contributed by atoms with Crippen LogP contribution in [0, 0.1) is 5.82 Å². The number of β-amino-alcohol motifs (C(OH)–C–C–N with tert-alkyl or cyclic N) is 1. The van der Waals surface area contributed by atoms with Gasteiger partial charge in [0.05, 0.1) is 11.8 Å². The standard InChI is InChI=1S/C16H20FN3O2/c17-15-4-2-1-3-14(15)16(21)12-20-8-6-19(7-9-20)11-13-5-10-22-18-13/h1-5,10,16,21H,6-9,11-12H2. The molecule has 0 radical (unpaired) electrons. The topological polar surface area (TPSA) is 52.7 Å². The molecule has 22 heavy (non-hydrogen) atoms. The van der Waals surface area contributed by atoms with E-state index in [0.717, 1.165) is 38.4 Å². The van der Waals surface area contributed by atoms with Gasteiger partial charge in [0.15, 0.2) is 0 Å². The molecule has 1 aromatic heterocycles. The van der Waals surface area contributed by atoms with Crippen molar-refractivity contribution in [3.05, 3.63) is 53.7 Å². The van der Waals surface area contributed by atoms with Gasteiger partial charge >= 0.3 is 0 Å². The fraction of sp³-hybridized carbons (Fsp3) is 0.438. The number of aliphatic hydroxyl groups excluding tert-OH is 1. The molecule has 1 N–H and O–H groups in total. The second kappa shape index (κ2) is 7.00. The van der Waals surface area contributed by atoms with E-state index in [9.17, 15) is 9.50 Å². The molecular formula is C16H20FN3O2. The van der Waals surface area contributed by atoms with Crippen molar-refractivity contribution in [3.63, 3.8) is 0 Å². The van der Waals surface area contributed by atoms with Gasteiger partial charge in [-0.25, -0.2) is 4.39 Å². The van der Waals surface area contributed by atoms with Crippen molar-refractivity contribution in [2.45, 2.75) is 12.6 Å². The molecule has 3 rings (SSSR count). The third kappa shape index (κ3) is 3.71. The average molecular weight is 305 g/mol. The predicted molar refractivity (Wildman–Crippen MR) is 79.6 cm³/mol. The minimum Gasteiger partial charge on any atom is -0.387 e. The molecule has 1 fully saturated rings. The Hall–Kier alpha value is -1.76. The number of aromatic nitrogens is 1. The number of nitrogens with zero attached hydrogens (tertiary/aromatic N) is 3. The molecule has 118 valence electrons. The summed E-state index contributed by atoms with van der Waals surface area (Å²) in [4.78, 5) is 4.46. The Balaban J connectivity index is 1.48. The van der Waals surface area contributed by atoms with Crippen molar-refractivity contribution in [1.82, 2.24) is 15.0 Å². The lowest BCUT2D eigenvalue weighted by Crippen LogP contribution is -2.47. The third-order valence-electron chi connectivity index (χ3n) is 4.04. The number of piperazine rings is 1. The van der Waals surface area contributed by atoms with Gasteiger partial charge in [0.2, 0.25) is 0 Å². The van der Waals surface area contributed by atoms with Crippen LogP contribution in [0.3, 0.4) is 0 Å². The van der Waals surface area contributed by atoms with Gasteiger partial charge in [-0.3, -0.25) is 9.80 Å². The highest BCUT2D eigenvalue weighted by molar-refractivity contribution is 5.20. The molecule has 0 saturated carbocycles. The van der Waals surface area contributed by atoms with Gasteiger partial charge in [-0.2, -0.15) is 0 Å². The van der Waals surface area contributed by atoms with Gasteiger partial charge in [-0.1, -0.05) is 23.4 Å². The zero-order valence-corrected chi connectivity index (χ0v) is 12.4. The van der Waals surface area contributed by atoms with Crippen LogP contribution in [0.2, 0.25) is 0 Å². The van der Waals surface area contributed by atoms with Gasteiger partial charge in [-0.05, 0) is 6.07 Å². The van der Waals surface area contributed by atoms with Crippen molar-refractivity contribution in [1.29, 1.82) is 0 Å². The largest absolute Gasteiger partial charge is 0.387 e. The molecule has 5 nitrogen and oxygen atoms in total. The molecule has 1 aliphatic heterocycles. The fourth-order valence-electron chi connectivity index (χ4n) is 2.77. The zero-order chi connectivity index (χ0) is 15.4. The number of hydrogen-bond acceptors (Lipinski definition) is 5. The maximum Gasteiger partial charge on any atom is 0.129 e. The molecule has 2 heterocycles. The van der Waals surface area contributed by atoms with E-state index < -0.39 is 6.10 Å². The Morgan fingerprint density at radius 1 is 1.14 bits per heavy atom. The molecular weight excluding hydrogens is 285 g/mol. The highest BCUT2D eigenvalue weighted by Gasteiger charge is 2.21. The predicted octanol–water partition coefficient (Wildman–Crippen LogP) is 1.66. The molecule has 1 atom stereocenters. The fourth-order valence-corrected chi connectivity index (χ4v) is 2.77. The van der Waals surface area contributed by atoms with E-state index in [2.05, 4.69) is 15.0 Å². The number of benzene rings is 1. The molecule has 6 heteroatoms. The van der Waals surface area contributed by atoms with Crippen molar-refractivity contribution in [3.8, 4) is 0 Å². The maximum atomic E-state index is 13.7. The van der Waals surface area contributed by atoms with Gasteiger partial charge in [-0.15, -0.1) is 0 Å². The van der Waals surface area contributed by atoms with Gasteiger partial charge < -0.3 is 9.63 Å². The molecule has 2 aromatic rings. The molecule has 1 saturated heterocycles. The third-order valence-corrected chi connectivity index (χ3v) is 4.04. The van der Waals surface area contributed by atoms with Crippen molar-refractivity contribution < 1.29 is 14.0 Å². The summed E-state index contributed by atoms with van der Waals surface area (Å²) in [6, 6.07) is 8.27.